The Kier molecular flexibility index (Phi) is 4.27. The average Bonchev–Trinajstić information content (AvgIpc) is 3.40. The number of aromatic nitrogens is 4. The summed E-state index contributed by atoms with van der Waals surface area (Å²) in [4.78, 5) is 13.3. The monoisotopic (exact) mass is 467 g/mol. The molecule has 0 unspecified atom stereocenters. The summed E-state index contributed by atoms with van der Waals surface area (Å²) < 4.78 is 7.53. The fourth-order valence-electron chi connectivity index (χ4n) is 5.38. The lowest BCUT2D eigenvalue weighted by Gasteiger charge is -2.20. The number of ether oxygens (including phenoxy) is 1. The Bertz CT molecular complexity index is 1730. The molecule has 4 atom stereocenters. The number of hydrogen-bond acceptors (Lipinski definition) is 8. The molecule has 35 heavy (non-hydrogen) atoms. The Morgan fingerprint density at radius 1 is 0.886 bits per heavy atom. The van der Waals surface area contributed by atoms with Crippen LogP contribution >= 0.6 is 0 Å². The predicted octanol–water partition coefficient (Wildman–Crippen LogP) is 2.58. The molecule has 0 saturated carbocycles. The summed E-state index contributed by atoms with van der Waals surface area (Å²) in [6.45, 7) is -0.438. The van der Waals surface area contributed by atoms with Gasteiger partial charge in [0.2, 0.25) is 0 Å². The van der Waals surface area contributed by atoms with Gasteiger partial charge in [-0.15, -0.1) is 0 Å². The van der Waals surface area contributed by atoms with Crippen molar-refractivity contribution in [1.82, 2.24) is 19.5 Å². The third kappa shape index (κ3) is 2.74. The summed E-state index contributed by atoms with van der Waals surface area (Å²) in [6.07, 6.45) is -3.23. The summed E-state index contributed by atoms with van der Waals surface area (Å²) in [5.74, 6) is 0.666. The number of nitrogens with zero attached hydrogens (tertiary/aromatic N) is 4. The van der Waals surface area contributed by atoms with Crippen LogP contribution in [0.4, 0.5) is 5.82 Å². The predicted molar refractivity (Wildman–Crippen MR) is 132 cm³/mol. The molecule has 9 heteroatoms. The van der Waals surface area contributed by atoms with Crippen LogP contribution in [-0.4, -0.2) is 59.8 Å². The van der Waals surface area contributed by atoms with Crippen LogP contribution < -0.4 is 5.73 Å². The van der Waals surface area contributed by atoms with Crippen molar-refractivity contribution in [3.05, 3.63) is 60.9 Å². The topological polar surface area (TPSA) is 140 Å². The number of nitrogens with two attached hydrogens (primary N) is 1. The standard InChI is InChI=1S/C26H21N5O4/c27-23-20-25(29-11-28-23)31(26-22(34)21(33)17(10-32)35-26)24(30-20)16-9-7-14-5-4-12-2-1-3-13-6-8-15(16)19(14)18(12)13/h1-9,11,17,21-22,26,32-34H,10H2,(H2,27,28,29)/t17-,21-,22-,26-/m1/s1. The minimum Gasteiger partial charge on any atom is -0.394 e. The number of anilines is 1. The first-order valence-corrected chi connectivity index (χ1v) is 11.3. The van der Waals surface area contributed by atoms with Gasteiger partial charge in [-0.25, -0.2) is 15.0 Å². The summed E-state index contributed by atoms with van der Waals surface area (Å²) >= 11 is 0. The molecule has 2 aromatic heterocycles. The van der Waals surface area contributed by atoms with Gasteiger partial charge in [-0.3, -0.25) is 4.57 Å². The SMILES string of the molecule is Nc1ncnc2c1nc(-c1ccc3ccc4cccc5ccc1c3c45)n2[C@@H]1O[C@H](CO)[C@@H](O)[C@H]1O. The van der Waals surface area contributed by atoms with Crippen LogP contribution in [0.3, 0.4) is 0 Å². The van der Waals surface area contributed by atoms with Crippen LogP contribution in [0, 0.1) is 0 Å². The van der Waals surface area contributed by atoms with Crippen LogP contribution in [0.15, 0.2) is 60.9 Å². The highest BCUT2D eigenvalue weighted by atomic mass is 16.6. The second-order valence-corrected chi connectivity index (χ2v) is 8.93. The number of rotatable bonds is 3. The number of hydrogen-bond donors (Lipinski definition) is 4. The molecule has 3 heterocycles. The van der Waals surface area contributed by atoms with E-state index in [0.717, 1.165) is 32.5 Å². The van der Waals surface area contributed by atoms with Crippen molar-refractivity contribution in [2.75, 3.05) is 12.3 Å². The van der Waals surface area contributed by atoms with Gasteiger partial charge in [0.25, 0.3) is 0 Å². The van der Waals surface area contributed by atoms with Gasteiger partial charge in [0.05, 0.1) is 6.61 Å². The third-order valence-corrected chi connectivity index (χ3v) is 7.05. The van der Waals surface area contributed by atoms with Gasteiger partial charge in [0, 0.05) is 5.56 Å². The Balaban J connectivity index is 1.57. The Morgan fingerprint density at radius 3 is 2.34 bits per heavy atom. The van der Waals surface area contributed by atoms with E-state index < -0.39 is 31.1 Å². The van der Waals surface area contributed by atoms with Crippen molar-refractivity contribution in [1.29, 1.82) is 0 Å². The van der Waals surface area contributed by atoms with Crippen molar-refractivity contribution < 1.29 is 20.1 Å². The van der Waals surface area contributed by atoms with Gasteiger partial charge in [0.15, 0.2) is 23.2 Å². The van der Waals surface area contributed by atoms with Crippen LogP contribution in [0.1, 0.15) is 6.23 Å². The first-order chi connectivity index (χ1) is 17.1. The molecule has 174 valence electrons. The molecule has 1 fully saturated rings. The van der Waals surface area contributed by atoms with Gasteiger partial charge in [-0.2, -0.15) is 0 Å². The van der Waals surface area contributed by atoms with E-state index in [0.29, 0.717) is 17.0 Å². The number of aliphatic hydroxyl groups excluding tert-OH is 3. The summed E-state index contributed by atoms with van der Waals surface area (Å²) in [5, 5.41) is 37.6. The fraction of sp³-hybridized carbons (Fsp3) is 0.192. The molecule has 1 aliphatic heterocycles. The highest BCUT2D eigenvalue weighted by Gasteiger charge is 2.45. The van der Waals surface area contributed by atoms with Crippen molar-refractivity contribution in [2.24, 2.45) is 0 Å². The lowest BCUT2D eigenvalue weighted by Crippen LogP contribution is -2.33. The molecule has 0 radical (unpaired) electrons. The second kappa shape index (κ2) is 7.30. The maximum atomic E-state index is 10.9. The average molecular weight is 467 g/mol. The third-order valence-electron chi connectivity index (χ3n) is 7.05. The number of benzene rings is 4. The van der Waals surface area contributed by atoms with Crippen LogP contribution in [0.2, 0.25) is 0 Å². The summed E-state index contributed by atoms with van der Waals surface area (Å²) in [5.41, 5.74) is 7.67. The van der Waals surface area contributed by atoms with E-state index in [9.17, 15) is 15.3 Å². The van der Waals surface area contributed by atoms with Crippen molar-refractivity contribution in [3.63, 3.8) is 0 Å². The summed E-state index contributed by atoms with van der Waals surface area (Å²) in [6, 6.07) is 18.6. The molecule has 7 rings (SSSR count). The van der Waals surface area contributed by atoms with Gasteiger partial charge in [-0.1, -0.05) is 54.6 Å². The molecule has 0 aliphatic carbocycles. The van der Waals surface area contributed by atoms with Crippen molar-refractivity contribution in [2.45, 2.75) is 24.5 Å². The normalized spacial score (nSPS) is 22.8. The minimum atomic E-state index is -1.31. The van der Waals surface area contributed by atoms with E-state index in [2.05, 4.69) is 46.4 Å². The number of imidazole rings is 1. The van der Waals surface area contributed by atoms with Gasteiger partial charge in [0.1, 0.15) is 30.5 Å². The first-order valence-electron chi connectivity index (χ1n) is 11.3. The fourth-order valence-corrected chi connectivity index (χ4v) is 5.38. The van der Waals surface area contributed by atoms with E-state index in [1.807, 2.05) is 18.2 Å². The Labute approximate surface area is 198 Å². The van der Waals surface area contributed by atoms with E-state index >= 15 is 0 Å². The molecular formula is C26H21N5O4. The summed E-state index contributed by atoms with van der Waals surface area (Å²) in [7, 11) is 0. The second-order valence-electron chi connectivity index (χ2n) is 8.93. The first kappa shape index (κ1) is 20.5. The molecule has 4 aromatic carbocycles. The van der Waals surface area contributed by atoms with Gasteiger partial charge in [-0.05, 0) is 32.3 Å². The Hall–Kier alpha value is -3.89. The minimum absolute atomic E-state index is 0.194. The lowest BCUT2D eigenvalue weighted by molar-refractivity contribution is -0.0503. The van der Waals surface area contributed by atoms with Crippen LogP contribution in [-0.2, 0) is 4.74 Å². The number of fused-ring (bicyclic) bond motifs is 1. The van der Waals surface area contributed by atoms with E-state index in [1.165, 1.54) is 11.7 Å². The quantitative estimate of drug-likeness (QED) is 0.291. The molecule has 0 amide bonds. The van der Waals surface area contributed by atoms with E-state index in [-0.39, 0.29) is 5.82 Å². The van der Waals surface area contributed by atoms with E-state index in [1.54, 1.807) is 4.57 Å². The maximum absolute atomic E-state index is 10.9. The highest BCUT2D eigenvalue weighted by molar-refractivity contribution is 6.25. The zero-order valence-corrected chi connectivity index (χ0v) is 18.4. The molecule has 0 spiro atoms. The maximum Gasteiger partial charge on any atom is 0.168 e. The number of aliphatic hydroxyl groups is 3. The number of nitrogen functional groups attached to an aromatic ring is 1. The molecule has 1 saturated heterocycles. The largest absolute Gasteiger partial charge is 0.394 e. The van der Waals surface area contributed by atoms with Crippen LogP contribution in [0.25, 0.3) is 54.9 Å². The molecule has 5 N–H and O–H groups in total. The molecule has 6 aromatic rings. The van der Waals surface area contributed by atoms with Gasteiger partial charge < -0.3 is 25.8 Å². The van der Waals surface area contributed by atoms with E-state index in [4.69, 9.17) is 15.5 Å². The van der Waals surface area contributed by atoms with Gasteiger partial charge >= 0.3 is 0 Å². The van der Waals surface area contributed by atoms with Crippen molar-refractivity contribution in [3.8, 4) is 11.4 Å². The van der Waals surface area contributed by atoms with Crippen molar-refractivity contribution >= 4 is 49.3 Å². The molecule has 0 bridgehead atoms. The smallest absolute Gasteiger partial charge is 0.168 e. The van der Waals surface area contributed by atoms with Crippen LogP contribution in [0.5, 0.6) is 0 Å². The molecular weight excluding hydrogens is 446 g/mol. The Morgan fingerprint density at radius 2 is 1.60 bits per heavy atom. The molecule has 9 nitrogen and oxygen atoms in total. The highest BCUT2D eigenvalue weighted by Crippen LogP contribution is 2.42. The lowest BCUT2D eigenvalue weighted by atomic mass is 9.92. The molecule has 1 aliphatic rings. The zero-order valence-electron chi connectivity index (χ0n) is 18.4. The zero-order chi connectivity index (χ0) is 23.8.